The number of furan rings is 1. The van der Waals surface area contributed by atoms with E-state index in [1.54, 1.807) is 6.92 Å². The second-order valence-corrected chi connectivity index (χ2v) is 7.28. The maximum atomic E-state index is 12.5. The van der Waals surface area contributed by atoms with Crippen molar-refractivity contribution in [1.82, 2.24) is 5.32 Å². The number of carbonyl (C=O) groups excluding carboxylic acids is 2. The number of hydrogen-bond donors (Lipinski definition) is 2. The molecule has 1 fully saturated rings. The fourth-order valence-corrected chi connectivity index (χ4v) is 3.25. The highest BCUT2D eigenvalue weighted by Crippen LogP contribution is 2.30. The molecular formula is C19H21BrN2O3. The van der Waals surface area contributed by atoms with Crippen LogP contribution in [0.2, 0.25) is 0 Å². The lowest BCUT2D eigenvalue weighted by Gasteiger charge is -2.15. The zero-order valence-electron chi connectivity index (χ0n) is 14.5. The summed E-state index contributed by atoms with van der Waals surface area (Å²) in [5, 5.41) is 5.89. The molecule has 1 atom stereocenters. The van der Waals surface area contributed by atoms with E-state index in [1.807, 2.05) is 38.1 Å². The SMILES string of the molecule is Cc1oc(C)c(C(=O)NC(C)c2ccc(NC(=O)C3CC3)cc2)c1Br. The van der Waals surface area contributed by atoms with Gasteiger partial charge in [0.15, 0.2) is 0 Å². The molecule has 0 spiro atoms. The van der Waals surface area contributed by atoms with Gasteiger partial charge in [-0.2, -0.15) is 0 Å². The topological polar surface area (TPSA) is 71.3 Å². The molecule has 132 valence electrons. The molecule has 1 aromatic heterocycles. The first-order chi connectivity index (χ1) is 11.9. The standard InChI is InChI=1S/C19H21BrN2O3/c1-10(21-19(24)16-11(2)25-12(3)17(16)20)13-6-8-15(9-7-13)22-18(23)14-4-5-14/h6-10,14H,4-5H2,1-3H3,(H,21,24)(H,22,23). The molecular weight excluding hydrogens is 384 g/mol. The molecule has 25 heavy (non-hydrogen) atoms. The lowest BCUT2D eigenvalue weighted by molar-refractivity contribution is -0.117. The molecule has 2 amide bonds. The molecule has 0 bridgehead atoms. The minimum atomic E-state index is -0.181. The van der Waals surface area contributed by atoms with Gasteiger partial charge < -0.3 is 15.1 Å². The van der Waals surface area contributed by atoms with Crippen molar-refractivity contribution in [2.75, 3.05) is 5.32 Å². The quantitative estimate of drug-likeness (QED) is 0.770. The minimum absolute atomic E-state index is 0.0877. The first-order valence-electron chi connectivity index (χ1n) is 8.34. The van der Waals surface area contributed by atoms with E-state index in [2.05, 4.69) is 26.6 Å². The largest absolute Gasteiger partial charge is 0.465 e. The molecule has 1 aromatic carbocycles. The molecule has 3 rings (SSSR count). The molecule has 1 unspecified atom stereocenters. The van der Waals surface area contributed by atoms with Gasteiger partial charge >= 0.3 is 0 Å². The average Bonchev–Trinajstić information content (AvgIpc) is 3.36. The Bertz CT molecular complexity index is 807. The predicted molar refractivity (Wildman–Crippen MR) is 99.6 cm³/mol. The first kappa shape index (κ1) is 17.7. The summed E-state index contributed by atoms with van der Waals surface area (Å²) < 4.78 is 6.17. The fraction of sp³-hybridized carbons (Fsp3) is 0.368. The van der Waals surface area contributed by atoms with Gasteiger partial charge in [0.1, 0.15) is 11.5 Å². The zero-order chi connectivity index (χ0) is 18.1. The molecule has 0 saturated heterocycles. The van der Waals surface area contributed by atoms with Crippen molar-refractivity contribution in [2.45, 2.75) is 39.7 Å². The summed E-state index contributed by atoms with van der Waals surface area (Å²) in [5.74, 6) is 1.36. The normalized spacial score (nSPS) is 14.9. The Morgan fingerprint density at radius 3 is 2.32 bits per heavy atom. The molecule has 5 nitrogen and oxygen atoms in total. The number of anilines is 1. The van der Waals surface area contributed by atoms with Crippen molar-refractivity contribution in [3.8, 4) is 0 Å². The van der Waals surface area contributed by atoms with E-state index >= 15 is 0 Å². The molecule has 1 heterocycles. The summed E-state index contributed by atoms with van der Waals surface area (Å²) in [6, 6.07) is 7.39. The number of carbonyl (C=O) groups is 2. The van der Waals surface area contributed by atoms with E-state index in [9.17, 15) is 9.59 Å². The van der Waals surface area contributed by atoms with E-state index < -0.39 is 0 Å². The third-order valence-electron chi connectivity index (χ3n) is 4.39. The van der Waals surface area contributed by atoms with Crippen molar-refractivity contribution in [2.24, 2.45) is 5.92 Å². The Balaban J connectivity index is 1.65. The Labute approximate surface area is 155 Å². The van der Waals surface area contributed by atoms with Gasteiger partial charge in [-0.15, -0.1) is 0 Å². The van der Waals surface area contributed by atoms with Crippen molar-refractivity contribution in [3.63, 3.8) is 0 Å². The number of rotatable bonds is 5. The minimum Gasteiger partial charge on any atom is -0.465 e. The molecule has 2 N–H and O–H groups in total. The molecule has 1 saturated carbocycles. The van der Waals surface area contributed by atoms with Gasteiger partial charge in [-0.1, -0.05) is 12.1 Å². The van der Waals surface area contributed by atoms with Crippen LogP contribution < -0.4 is 10.6 Å². The first-order valence-corrected chi connectivity index (χ1v) is 9.13. The molecule has 6 heteroatoms. The van der Waals surface area contributed by atoms with Crippen molar-refractivity contribution in [3.05, 3.63) is 51.4 Å². The number of halogens is 1. The number of amides is 2. The number of hydrogen-bond acceptors (Lipinski definition) is 3. The molecule has 0 aliphatic heterocycles. The van der Waals surface area contributed by atoms with E-state index in [4.69, 9.17) is 4.42 Å². The van der Waals surface area contributed by atoms with Gasteiger partial charge in [0, 0.05) is 11.6 Å². The van der Waals surface area contributed by atoms with Crippen LogP contribution >= 0.6 is 15.9 Å². The van der Waals surface area contributed by atoms with E-state index in [-0.39, 0.29) is 23.8 Å². The highest BCUT2D eigenvalue weighted by atomic mass is 79.9. The van der Waals surface area contributed by atoms with Crippen LogP contribution in [-0.4, -0.2) is 11.8 Å². The van der Waals surface area contributed by atoms with Crippen molar-refractivity contribution >= 4 is 33.4 Å². The monoisotopic (exact) mass is 404 g/mol. The molecule has 2 aromatic rings. The second kappa shape index (κ2) is 7.04. The van der Waals surface area contributed by atoms with Gasteiger partial charge in [-0.05, 0) is 67.2 Å². The number of aryl methyl sites for hydroxylation is 2. The number of benzene rings is 1. The Morgan fingerprint density at radius 1 is 1.16 bits per heavy atom. The Morgan fingerprint density at radius 2 is 1.80 bits per heavy atom. The smallest absolute Gasteiger partial charge is 0.256 e. The summed E-state index contributed by atoms with van der Waals surface area (Å²) >= 11 is 3.40. The fourth-order valence-electron chi connectivity index (χ4n) is 2.71. The summed E-state index contributed by atoms with van der Waals surface area (Å²) in [6.07, 6.45) is 1.96. The molecule has 1 aliphatic rings. The third kappa shape index (κ3) is 3.95. The maximum absolute atomic E-state index is 12.5. The summed E-state index contributed by atoms with van der Waals surface area (Å²) in [5.41, 5.74) is 2.27. The van der Waals surface area contributed by atoms with Gasteiger partial charge in [0.05, 0.1) is 16.1 Å². The van der Waals surface area contributed by atoms with Crippen LogP contribution in [0.4, 0.5) is 5.69 Å². The van der Waals surface area contributed by atoms with Crippen LogP contribution in [0.3, 0.4) is 0 Å². The van der Waals surface area contributed by atoms with Gasteiger partial charge in [-0.3, -0.25) is 9.59 Å². The van der Waals surface area contributed by atoms with E-state index in [1.165, 1.54) is 0 Å². The zero-order valence-corrected chi connectivity index (χ0v) is 16.1. The highest BCUT2D eigenvalue weighted by molar-refractivity contribution is 9.10. The van der Waals surface area contributed by atoms with Crippen LogP contribution in [0, 0.1) is 19.8 Å². The van der Waals surface area contributed by atoms with Gasteiger partial charge in [0.25, 0.3) is 5.91 Å². The van der Waals surface area contributed by atoms with Crippen molar-refractivity contribution < 1.29 is 14.0 Å². The lowest BCUT2D eigenvalue weighted by atomic mass is 10.1. The summed E-state index contributed by atoms with van der Waals surface area (Å²) in [7, 11) is 0. The average molecular weight is 405 g/mol. The third-order valence-corrected chi connectivity index (χ3v) is 5.34. The molecule has 0 radical (unpaired) electrons. The molecule has 1 aliphatic carbocycles. The van der Waals surface area contributed by atoms with Gasteiger partial charge in [0.2, 0.25) is 5.91 Å². The van der Waals surface area contributed by atoms with E-state index in [0.29, 0.717) is 21.6 Å². The predicted octanol–water partition coefficient (Wildman–Crippen LogP) is 4.50. The number of nitrogens with one attached hydrogen (secondary N) is 2. The second-order valence-electron chi connectivity index (χ2n) is 6.48. The van der Waals surface area contributed by atoms with Crippen LogP contribution in [0.15, 0.2) is 33.2 Å². The van der Waals surface area contributed by atoms with Crippen LogP contribution in [0.25, 0.3) is 0 Å². The van der Waals surface area contributed by atoms with Crippen LogP contribution in [-0.2, 0) is 4.79 Å². The Kier molecular flexibility index (Phi) is 4.99. The summed E-state index contributed by atoms with van der Waals surface area (Å²) in [4.78, 5) is 24.3. The lowest BCUT2D eigenvalue weighted by Crippen LogP contribution is -2.27. The van der Waals surface area contributed by atoms with Crippen LogP contribution in [0.1, 0.15) is 53.2 Å². The van der Waals surface area contributed by atoms with E-state index in [0.717, 1.165) is 24.1 Å². The maximum Gasteiger partial charge on any atom is 0.256 e. The summed E-state index contributed by atoms with van der Waals surface area (Å²) in [6.45, 7) is 5.51. The Hall–Kier alpha value is -2.08. The van der Waals surface area contributed by atoms with Gasteiger partial charge in [-0.25, -0.2) is 0 Å². The highest BCUT2D eigenvalue weighted by Gasteiger charge is 2.29. The van der Waals surface area contributed by atoms with Crippen LogP contribution in [0.5, 0.6) is 0 Å². The van der Waals surface area contributed by atoms with Crippen molar-refractivity contribution in [1.29, 1.82) is 0 Å².